The highest BCUT2D eigenvalue weighted by Crippen LogP contribution is 2.26. The van der Waals surface area contributed by atoms with Gasteiger partial charge >= 0.3 is 0 Å². The number of anilines is 1. The Bertz CT molecular complexity index is 677. The molecule has 1 aromatic carbocycles. The van der Waals surface area contributed by atoms with Gasteiger partial charge in [-0.3, -0.25) is 4.98 Å². The lowest BCUT2D eigenvalue weighted by Crippen LogP contribution is -1.87. The molecule has 84 valence electrons. The van der Waals surface area contributed by atoms with Gasteiger partial charge in [0.15, 0.2) is 5.82 Å². The van der Waals surface area contributed by atoms with Gasteiger partial charge < -0.3 is 10.7 Å². The number of nitrogens with zero attached hydrogens (tertiary/aromatic N) is 3. The van der Waals surface area contributed by atoms with Crippen LogP contribution in [0.3, 0.4) is 0 Å². The van der Waals surface area contributed by atoms with Gasteiger partial charge in [0, 0.05) is 16.9 Å². The molecule has 0 aliphatic rings. The average Bonchev–Trinajstić information content (AvgIpc) is 2.74. The highest BCUT2D eigenvalue weighted by atomic mass is 79.9. The third kappa shape index (κ3) is 1.76. The molecular formula is C11H8BrN5. The van der Waals surface area contributed by atoms with Crippen molar-refractivity contribution in [2.24, 2.45) is 0 Å². The molecule has 0 amide bonds. The smallest absolute Gasteiger partial charge is 0.158 e. The summed E-state index contributed by atoms with van der Waals surface area (Å²) in [6.45, 7) is 0. The van der Waals surface area contributed by atoms with Crippen LogP contribution in [-0.2, 0) is 0 Å². The summed E-state index contributed by atoms with van der Waals surface area (Å²) in [6.07, 6.45) is 4.90. The Morgan fingerprint density at radius 2 is 2.12 bits per heavy atom. The lowest BCUT2D eigenvalue weighted by atomic mass is 10.3. The number of aromatic nitrogens is 4. The second kappa shape index (κ2) is 3.81. The number of rotatable bonds is 1. The largest absolute Gasteiger partial charge is 0.397 e. The minimum atomic E-state index is 0.626. The number of nitrogens with two attached hydrogens (primary N) is 1. The summed E-state index contributed by atoms with van der Waals surface area (Å²) < 4.78 is 0.914. The van der Waals surface area contributed by atoms with Crippen molar-refractivity contribution in [3.8, 4) is 11.5 Å². The predicted octanol–water partition coefficient (Wildman–Crippen LogP) is 2.36. The standard InChI is InChI=1S/C11H8BrN5/c12-6-3-7(13)10-8(4-6)16-11(17-10)9-5-14-1-2-15-9/h1-5H,13H2,(H,16,17). The molecule has 0 saturated heterocycles. The predicted molar refractivity (Wildman–Crippen MR) is 69.2 cm³/mol. The number of nitrogen functional groups attached to an aromatic ring is 1. The van der Waals surface area contributed by atoms with Gasteiger partial charge in [-0.1, -0.05) is 15.9 Å². The molecule has 2 heterocycles. The van der Waals surface area contributed by atoms with Crippen molar-refractivity contribution in [1.82, 2.24) is 19.9 Å². The van der Waals surface area contributed by atoms with Crippen molar-refractivity contribution in [1.29, 1.82) is 0 Å². The molecule has 6 heteroatoms. The first kappa shape index (κ1) is 10.2. The Morgan fingerprint density at radius 3 is 2.88 bits per heavy atom. The van der Waals surface area contributed by atoms with Crippen LogP contribution in [0.2, 0.25) is 0 Å². The number of hydrogen-bond donors (Lipinski definition) is 2. The number of benzene rings is 1. The molecule has 0 fully saturated rings. The van der Waals surface area contributed by atoms with Gasteiger partial charge in [-0.2, -0.15) is 0 Å². The quantitative estimate of drug-likeness (QED) is 0.674. The maximum atomic E-state index is 5.90. The van der Waals surface area contributed by atoms with Crippen LogP contribution >= 0.6 is 15.9 Å². The first-order valence-corrected chi connectivity index (χ1v) is 5.74. The van der Waals surface area contributed by atoms with E-state index in [2.05, 4.69) is 35.9 Å². The topological polar surface area (TPSA) is 80.5 Å². The highest BCUT2D eigenvalue weighted by molar-refractivity contribution is 9.10. The second-order valence-electron chi connectivity index (χ2n) is 3.57. The second-order valence-corrected chi connectivity index (χ2v) is 4.48. The molecule has 5 nitrogen and oxygen atoms in total. The Balaban J connectivity index is 2.24. The molecule has 0 unspecified atom stereocenters. The highest BCUT2D eigenvalue weighted by Gasteiger charge is 2.09. The van der Waals surface area contributed by atoms with Crippen molar-refractivity contribution in [2.75, 3.05) is 5.73 Å². The summed E-state index contributed by atoms with van der Waals surface area (Å²) in [6, 6.07) is 3.75. The molecule has 0 aliphatic heterocycles. The Morgan fingerprint density at radius 1 is 1.24 bits per heavy atom. The summed E-state index contributed by atoms with van der Waals surface area (Å²) in [5.74, 6) is 0.665. The van der Waals surface area contributed by atoms with Crippen LogP contribution in [-0.4, -0.2) is 19.9 Å². The van der Waals surface area contributed by atoms with E-state index in [4.69, 9.17) is 5.73 Å². The van der Waals surface area contributed by atoms with Crippen molar-refractivity contribution in [2.45, 2.75) is 0 Å². The molecule has 17 heavy (non-hydrogen) atoms. The first-order chi connectivity index (χ1) is 8.24. The summed E-state index contributed by atoms with van der Waals surface area (Å²) >= 11 is 3.39. The SMILES string of the molecule is Nc1cc(Br)cc2[nH]c(-c3cnccn3)nc12. The van der Waals surface area contributed by atoms with E-state index in [1.54, 1.807) is 18.6 Å². The molecule has 3 aromatic rings. The van der Waals surface area contributed by atoms with E-state index >= 15 is 0 Å². The molecule has 3 N–H and O–H groups in total. The molecule has 0 bridgehead atoms. The Labute approximate surface area is 105 Å². The molecule has 0 spiro atoms. The molecule has 2 aromatic heterocycles. The van der Waals surface area contributed by atoms with Gasteiger partial charge in [-0.25, -0.2) is 9.97 Å². The van der Waals surface area contributed by atoms with Crippen LogP contribution < -0.4 is 5.73 Å². The minimum Gasteiger partial charge on any atom is -0.397 e. The number of aromatic amines is 1. The third-order valence-corrected chi connectivity index (χ3v) is 2.84. The first-order valence-electron chi connectivity index (χ1n) is 4.95. The van der Waals surface area contributed by atoms with Gasteiger partial charge in [-0.05, 0) is 12.1 Å². The van der Waals surface area contributed by atoms with Crippen molar-refractivity contribution >= 4 is 32.7 Å². The van der Waals surface area contributed by atoms with E-state index in [-0.39, 0.29) is 0 Å². The van der Waals surface area contributed by atoms with Crippen LogP contribution in [0.5, 0.6) is 0 Å². The zero-order chi connectivity index (χ0) is 11.8. The molecule has 0 radical (unpaired) electrons. The minimum absolute atomic E-state index is 0.626. The van der Waals surface area contributed by atoms with E-state index in [1.807, 2.05) is 12.1 Å². The number of H-pyrrole nitrogens is 1. The molecule has 0 saturated carbocycles. The average molecular weight is 290 g/mol. The number of imidazole rings is 1. The maximum Gasteiger partial charge on any atom is 0.158 e. The Hall–Kier alpha value is -1.95. The summed E-state index contributed by atoms with van der Waals surface area (Å²) in [5.41, 5.74) is 8.84. The van der Waals surface area contributed by atoms with E-state index in [9.17, 15) is 0 Å². The van der Waals surface area contributed by atoms with Crippen LogP contribution in [0.15, 0.2) is 35.2 Å². The van der Waals surface area contributed by atoms with Gasteiger partial charge in [0.1, 0.15) is 11.2 Å². The summed E-state index contributed by atoms with van der Waals surface area (Å²) in [5, 5.41) is 0. The van der Waals surface area contributed by atoms with Gasteiger partial charge in [0.05, 0.1) is 17.4 Å². The lowest BCUT2D eigenvalue weighted by molar-refractivity contribution is 1.17. The zero-order valence-corrected chi connectivity index (χ0v) is 10.3. The molecular weight excluding hydrogens is 282 g/mol. The fourth-order valence-electron chi connectivity index (χ4n) is 1.65. The third-order valence-electron chi connectivity index (χ3n) is 2.39. The zero-order valence-electron chi connectivity index (χ0n) is 8.68. The fourth-order valence-corrected chi connectivity index (χ4v) is 2.13. The van der Waals surface area contributed by atoms with Crippen LogP contribution in [0.25, 0.3) is 22.6 Å². The monoisotopic (exact) mass is 289 g/mol. The Kier molecular flexibility index (Phi) is 2.29. The fraction of sp³-hybridized carbons (Fsp3) is 0. The van der Waals surface area contributed by atoms with Gasteiger partial charge in [-0.15, -0.1) is 0 Å². The summed E-state index contributed by atoms with van der Waals surface area (Å²) in [7, 11) is 0. The van der Waals surface area contributed by atoms with E-state index in [0.717, 1.165) is 15.5 Å². The van der Waals surface area contributed by atoms with Crippen molar-refractivity contribution in [3.63, 3.8) is 0 Å². The lowest BCUT2D eigenvalue weighted by Gasteiger charge is -1.94. The van der Waals surface area contributed by atoms with Crippen molar-refractivity contribution < 1.29 is 0 Å². The van der Waals surface area contributed by atoms with E-state index < -0.39 is 0 Å². The molecule has 3 rings (SSSR count). The van der Waals surface area contributed by atoms with E-state index in [1.165, 1.54) is 0 Å². The van der Waals surface area contributed by atoms with Gasteiger partial charge in [0.25, 0.3) is 0 Å². The number of halogens is 1. The van der Waals surface area contributed by atoms with Crippen LogP contribution in [0.4, 0.5) is 5.69 Å². The van der Waals surface area contributed by atoms with Crippen LogP contribution in [0.1, 0.15) is 0 Å². The van der Waals surface area contributed by atoms with Gasteiger partial charge in [0.2, 0.25) is 0 Å². The number of hydrogen-bond acceptors (Lipinski definition) is 4. The van der Waals surface area contributed by atoms with Crippen molar-refractivity contribution in [3.05, 3.63) is 35.2 Å². The molecule has 0 aliphatic carbocycles. The maximum absolute atomic E-state index is 5.90. The summed E-state index contributed by atoms with van der Waals surface area (Å²) in [4.78, 5) is 15.8. The number of nitrogens with one attached hydrogen (secondary N) is 1. The van der Waals surface area contributed by atoms with Crippen LogP contribution in [0, 0.1) is 0 Å². The number of fused-ring (bicyclic) bond motifs is 1. The van der Waals surface area contributed by atoms with E-state index in [0.29, 0.717) is 17.2 Å². The normalized spacial score (nSPS) is 10.9. The molecule has 0 atom stereocenters.